The van der Waals surface area contributed by atoms with Crippen LogP contribution in [0.2, 0.25) is 0 Å². The lowest BCUT2D eigenvalue weighted by Crippen LogP contribution is -2.46. The number of phenolic OH excluding ortho intramolecular Hbond substituents is 1. The summed E-state index contributed by atoms with van der Waals surface area (Å²) in [6, 6.07) is 14.3. The average molecular weight is 460 g/mol. The van der Waals surface area contributed by atoms with E-state index in [-0.39, 0.29) is 39.7 Å². The summed E-state index contributed by atoms with van der Waals surface area (Å²) >= 11 is 0. The molecule has 0 amide bonds. The molecule has 1 aliphatic rings. The Bertz CT molecular complexity index is 655. The zero-order valence-electron chi connectivity index (χ0n) is 13.0. The molecule has 2 aromatic carbocycles. The van der Waals surface area contributed by atoms with Crippen molar-refractivity contribution in [2.24, 2.45) is 0 Å². The van der Waals surface area contributed by atoms with Gasteiger partial charge in [-0.1, -0.05) is 0 Å². The second-order valence-electron chi connectivity index (χ2n) is 5.34. The van der Waals surface area contributed by atoms with Crippen LogP contribution in [-0.2, 0) is 0 Å². The number of aromatic hydroxyl groups is 1. The van der Waals surface area contributed by atoms with Crippen LogP contribution < -0.4 is 9.80 Å². The molecule has 0 radical (unpaired) electrons. The number of hydrogen-bond donors (Lipinski definition) is 2. The number of rotatable bonds is 3. The third-order valence-electron chi connectivity index (χ3n) is 3.97. The molecule has 0 unspecified atom stereocenters. The van der Waals surface area contributed by atoms with E-state index in [1.807, 2.05) is 24.3 Å². The predicted molar refractivity (Wildman–Crippen MR) is 107 cm³/mol. The normalized spacial score (nSPS) is 13.7. The van der Waals surface area contributed by atoms with Gasteiger partial charge in [0.1, 0.15) is 5.75 Å². The number of nitrogens with zero attached hydrogens (tertiary/aromatic N) is 2. The van der Waals surface area contributed by atoms with Gasteiger partial charge < -0.3 is 20.0 Å². The highest BCUT2D eigenvalue weighted by Crippen LogP contribution is 2.22. The molecule has 1 aliphatic heterocycles. The van der Waals surface area contributed by atoms with Crippen LogP contribution in [0.1, 0.15) is 10.4 Å². The van der Waals surface area contributed by atoms with Crippen molar-refractivity contribution in [3.8, 4) is 5.75 Å². The molecule has 2 aromatic rings. The van der Waals surface area contributed by atoms with E-state index in [1.165, 1.54) is 0 Å². The molecule has 24 heavy (non-hydrogen) atoms. The molecule has 1 fully saturated rings. The number of aromatic carboxylic acids is 1. The van der Waals surface area contributed by atoms with Crippen LogP contribution in [0.3, 0.4) is 0 Å². The molecule has 0 saturated carbocycles. The fourth-order valence-corrected chi connectivity index (χ4v) is 2.70. The first-order chi connectivity index (χ1) is 10.6. The molecule has 0 spiro atoms. The van der Waals surface area contributed by atoms with Crippen molar-refractivity contribution in [3.05, 3.63) is 54.1 Å². The van der Waals surface area contributed by atoms with Crippen molar-refractivity contribution in [2.45, 2.75) is 0 Å². The summed E-state index contributed by atoms with van der Waals surface area (Å²) in [6.07, 6.45) is 0. The van der Waals surface area contributed by atoms with Crippen LogP contribution in [0.15, 0.2) is 48.5 Å². The van der Waals surface area contributed by atoms with Crippen LogP contribution in [0.25, 0.3) is 0 Å². The molecule has 0 bridgehead atoms. The van der Waals surface area contributed by atoms with Crippen molar-refractivity contribution >= 4 is 51.3 Å². The van der Waals surface area contributed by atoms with Gasteiger partial charge in [-0.05, 0) is 48.5 Å². The highest BCUT2D eigenvalue weighted by atomic mass is 79.9. The van der Waals surface area contributed by atoms with Gasteiger partial charge >= 0.3 is 5.97 Å². The van der Waals surface area contributed by atoms with Gasteiger partial charge in [-0.2, -0.15) is 0 Å². The second-order valence-corrected chi connectivity index (χ2v) is 5.34. The Morgan fingerprint density at radius 2 is 1.12 bits per heavy atom. The van der Waals surface area contributed by atoms with Crippen molar-refractivity contribution in [1.29, 1.82) is 0 Å². The van der Waals surface area contributed by atoms with E-state index in [2.05, 4.69) is 9.80 Å². The number of phenols is 1. The summed E-state index contributed by atoms with van der Waals surface area (Å²) in [5.41, 5.74) is 2.47. The first-order valence-corrected chi connectivity index (χ1v) is 7.26. The van der Waals surface area contributed by atoms with E-state index in [0.29, 0.717) is 5.56 Å². The lowest BCUT2D eigenvalue weighted by Gasteiger charge is -2.37. The maximum absolute atomic E-state index is 10.9. The zero-order valence-corrected chi connectivity index (χ0v) is 16.4. The van der Waals surface area contributed by atoms with E-state index < -0.39 is 5.97 Å². The molecule has 0 aromatic heterocycles. The van der Waals surface area contributed by atoms with Crippen LogP contribution in [0, 0.1) is 0 Å². The quantitative estimate of drug-likeness (QED) is 0.734. The summed E-state index contributed by atoms with van der Waals surface area (Å²) in [5, 5.41) is 18.3. The fourth-order valence-electron chi connectivity index (χ4n) is 2.70. The Labute approximate surface area is 162 Å². The van der Waals surface area contributed by atoms with Crippen LogP contribution in [0.4, 0.5) is 11.4 Å². The van der Waals surface area contributed by atoms with E-state index in [4.69, 9.17) is 5.11 Å². The first kappa shape index (κ1) is 20.3. The number of carboxylic acid groups (broad SMARTS) is 1. The maximum Gasteiger partial charge on any atom is 0.335 e. The number of hydrogen-bond acceptors (Lipinski definition) is 4. The predicted octanol–water partition coefficient (Wildman–Crippen LogP) is 3.57. The third-order valence-corrected chi connectivity index (χ3v) is 3.97. The highest BCUT2D eigenvalue weighted by molar-refractivity contribution is 8.93. The summed E-state index contributed by atoms with van der Waals surface area (Å²) < 4.78 is 0. The van der Waals surface area contributed by atoms with Gasteiger partial charge in [0.2, 0.25) is 0 Å². The van der Waals surface area contributed by atoms with Gasteiger partial charge in [-0.3, -0.25) is 0 Å². The molecule has 0 atom stereocenters. The Morgan fingerprint density at radius 1 is 0.750 bits per heavy atom. The lowest BCUT2D eigenvalue weighted by atomic mass is 10.1. The van der Waals surface area contributed by atoms with Gasteiger partial charge in [-0.15, -0.1) is 34.0 Å². The summed E-state index contributed by atoms with van der Waals surface area (Å²) in [5.74, 6) is -0.621. The fraction of sp³-hybridized carbons (Fsp3) is 0.235. The minimum Gasteiger partial charge on any atom is -0.508 e. The van der Waals surface area contributed by atoms with Crippen LogP contribution in [0.5, 0.6) is 5.75 Å². The molecule has 130 valence electrons. The molecule has 3 rings (SSSR count). The van der Waals surface area contributed by atoms with Gasteiger partial charge in [0.25, 0.3) is 0 Å². The molecule has 7 heteroatoms. The number of halogens is 2. The second kappa shape index (κ2) is 8.94. The smallest absolute Gasteiger partial charge is 0.335 e. The zero-order chi connectivity index (χ0) is 15.5. The number of carboxylic acids is 1. The topological polar surface area (TPSA) is 64.0 Å². The van der Waals surface area contributed by atoms with Crippen molar-refractivity contribution in [1.82, 2.24) is 0 Å². The van der Waals surface area contributed by atoms with Gasteiger partial charge in [0.15, 0.2) is 0 Å². The van der Waals surface area contributed by atoms with Gasteiger partial charge in [0.05, 0.1) is 5.56 Å². The Balaban J connectivity index is 0.00000144. The summed E-state index contributed by atoms with van der Waals surface area (Å²) in [7, 11) is 0. The maximum atomic E-state index is 10.9. The number of benzene rings is 2. The van der Waals surface area contributed by atoms with E-state index in [0.717, 1.165) is 37.6 Å². The number of anilines is 2. The Morgan fingerprint density at radius 3 is 1.50 bits per heavy atom. The molecule has 2 N–H and O–H groups in total. The monoisotopic (exact) mass is 458 g/mol. The van der Waals surface area contributed by atoms with E-state index >= 15 is 0 Å². The Hall–Kier alpha value is -1.73. The van der Waals surface area contributed by atoms with Crippen molar-refractivity contribution in [3.63, 3.8) is 0 Å². The average Bonchev–Trinajstić information content (AvgIpc) is 2.56. The number of carbonyl (C=O) groups is 1. The molecule has 1 heterocycles. The summed E-state index contributed by atoms with van der Waals surface area (Å²) in [6.45, 7) is 3.55. The number of piperazine rings is 1. The highest BCUT2D eigenvalue weighted by Gasteiger charge is 2.17. The SMILES string of the molecule is Br.Br.O=C(O)c1ccc(N2CCN(c3ccc(O)cc3)CC2)cc1. The molecule has 0 aliphatic carbocycles. The largest absolute Gasteiger partial charge is 0.508 e. The van der Waals surface area contributed by atoms with E-state index in [1.54, 1.807) is 24.3 Å². The van der Waals surface area contributed by atoms with Gasteiger partial charge in [-0.25, -0.2) is 4.79 Å². The van der Waals surface area contributed by atoms with Crippen LogP contribution >= 0.6 is 34.0 Å². The molecular formula is C17H20Br2N2O3. The standard InChI is InChI=1S/C17H18N2O3.2BrH/c20-16-7-5-15(6-8-16)19-11-9-18(10-12-19)14-3-1-13(2-4-14)17(21)22;;/h1-8,20H,9-12H2,(H,21,22);2*1H. The molecule has 5 nitrogen and oxygen atoms in total. The Kier molecular flexibility index (Phi) is 7.57. The van der Waals surface area contributed by atoms with E-state index in [9.17, 15) is 9.90 Å². The van der Waals surface area contributed by atoms with Crippen molar-refractivity contribution < 1.29 is 15.0 Å². The minimum absolute atomic E-state index is 0. The third kappa shape index (κ3) is 4.64. The molecule has 1 saturated heterocycles. The van der Waals surface area contributed by atoms with Crippen molar-refractivity contribution in [2.75, 3.05) is 36.0 Å². The molecular weight excluding hydrogens is 440 g/mol. The summed E-state index contributed by atoms with van der Waals surface area (Å²) in [4.78, 5) is 15.4. The van der Waals surface area contributed by atoms with Gasteiger partial charge in [0, 0.05) is 37.6 Å². The minimum atomic E-state index is -0.899. The van der Waals surface area contributed by atoms with Crippen LogP contribution in [-0.4, -0.2) is 42.4 Å². The first-order valence-electron chi connectivity index (χ1n) is 7.26. The lowest BCUT2D eigenvalue weighted by molar-refractivity contribution is 0.0697.